The van der Waals surface area contributed by atoms with Gasteiger partial charge in [-0.15, -0.1) is 0 Å². The average Bonchev–Trinajstić information content (AvgIpc) is 2.70. The lowest BCUT2D eigenvalue weighted by Gasteiger charge is -2.45. The summed E-state index contributed by atoms with van der Waals surface area (Å²) in [6.45, 7) is 7.55. The average molecular weight is 358 g/mol. The number of hydrogen-bond acceptors (Lipinski definition) is 5. The van der Waals surface area contributed by atoms with Crippen molar-refractivity contribution in [1.82, 2.24) is 19.7 Å². The van der Waals surface area contributed by atoms with E-state index in [9.17, 15) is 4.79 Å². The second-order valence-electron chi connectivity index (χ2n) is 7.70. The number of rotatable bonds is 4. The number of piperazine rings is 1. The Bertz CT molecular complexity index is 583. The molecule has 26 heavy (non-hydrogen) atoms. The summed E-state index contributed by atoms with van der Waals surface area (Å²) in [5.41, 5.74) is 1.31. The predicted molar refractivity (Wildman–Crippen MR) is 99.7 cm³/mol. The van der Waals surface area contributed by atoms with Gasteiger partial charge in [0.25, 0.3) is 0 Å². The van der Waals surface area contributed by atoms with Crippen molar-refractivity contribution in [1.29, 1.82) is 0 Å². The molecule has 0 spiro atoms. The molecule has 3 saturated heterocycles. The third-order valence-corrected chi connectivity index (χ3v) is 6.08. The normalized spacial score (nSPS) is 27.0. The summed E-state index contributed by atoms with van der Waals surface area (Å²) < 4.78 is 5.47. The smallest absolute Gasteiger partial charge is 0.240 e. The highest BCUT2D eigenvalue weighted by Crippen LogP contribution is 2.24. The highest BCUT2D eigenvalue weighted by Gasteiger charge is 2.37. The van der Waals surface area contributed by atoms with Crippen LogP contribution in [0.2, 0.25) is 0 Å². The number of likely N-dealkylation sites (tertiary alicyclic amines) is 1. The van der Waals surface area contributed by atoms with Gasteiger partial charge in [0.1, 0.15) is 0 Å². The molecule has 0 N–H and O–H groups in total. The zero-order chi connectivity index (χ0) is 17.8. The molecule has 6 heteroatoms. The molecule has 0 bridgehead atoms. The molecule has 3 aliphatic rings. The number of nitrogens with zero attached hydrogens (tertiary/aromatic N) is 4. The highest BCUT2D eigenvalue weighted by atomic mass is 16.5. The maximum Gasteiger partial charge on any atom is 0.240 e. The SMILES string of the molecule is O=C1C(N2CCN(Cc3ccncc3)CC2)CCCN1C1CCOCC1. The van der Waals surface area contributed by atoms with Gasteiger partial charge in [-0.1, -0.05) is 0 Å². The monoisotopic (exact) mass is 358 g/mol. The molecule has 0 saturated carbocycles. The molecular weight excluding hydrogens is 328 g/mol. The summed E-state index contributed by atoms with van der Waals surface area (Å²) in [5, 5.41) is 0. The van der Waals surface area contributed by atoms with E-state index in [-0.39, 0.29) is 6.04 Å². The molecule has 4 heterocycles. The second-order valence-corrected chi connectivity index (χ2v) is 7.70. The van der Waals surface area contributed by atoms with Gasteiger partial charge in [0.05, 0.1) is 6.04 Å². The van der Waals surface area contributed by atoms with Crippen molar-refractivity contribution in [3.05, 3.63) is 30.1 Å². The van der Waals surface area contributed by atoms with Crippen LogP contribution >= 0.6 is 0 Å². The van der Waals surface area contributed by atoms with Crippen molar-refractivity contribution in [2.24, 2.45) is 0 Å². The van der Waals surface area contributed by atoms with E-state index in [2.05, 4.69) is 31.8 Å². The number of carbonyl (C=O) groups excluding carboxylic acids is 1. The van der Waals surface area contributed by atoms with Crippen molar-refractivity contribution < 1.29 is 9.53 Å². The fraction of sp³-hybridized carbons (Fsp3) is 0.700. The third kappa shape index (κ3) is 4.08. The van der Waals surface area contributed by atoms with Gasteiger partial charge in [0.15, 0.2) is 0 Å². The van der Waals surface area contributed by atoms with Gasteiger partial charge in [-0.25, -0.2) is 0 Å². The van der Waals surface area contributed by atoms with E-state index in [0.717, 1.165) is 78.2 Å². The molecule has 1 unspecified atom stereocenters. The van der Waals surface area contributed by atoms with E-state index in [1.807, 2.05) is 12.4 Å². The first-order chi connectivity index (χ1) is 12.8. The van der Waals surface area contributed by atoms with Crippen molar-refractivity contribution in [2.45, 2.75) is 44.3 Å². The molecule has 142 valence electrons. The Morgan fingerprint density at radius 2 is 1.73 bits per heavy atom. The Labute approximate surface area is 156 Å². The van der Waals surface area contributed by atoms with Crippen LogP contribution in [0.15, 0.2) is 24.5 Å². The summed E-state index contributed by atoms with van der Waals surface area (Å²) in [6.07, 6.45) is 7.86. The molecule has 1 aromatic rings. The molecule has 0 aliphatic carbocycles. The molecular formula is C20H30N4O2. The van der Waals surface area contributed by atoms with Crippen LogP contribution in [0.5, 0.6) is 0 Å². The number of piperidine rings is 1. The fourth-order valence-electron chi connectivity index (χ4n) is 4.56. The van der Waals surface area contributed by atoms with Crippen LogP contribution in [0.1, 0.15) is 31.2 Å². The second kappa shape index (κ2) is 8.46. The summed E-state index contributed by atoms with van der Waals surface area (Å²) in [7, 11) is 0. The summed E-state index contributed by atoms with van der Waals surface area (Å²) in [6, 6.07) is 4.66. The molecule has 1 atom stereocenters. The minimum Gasteiger partial charge on any atom is -0.381 e. The molecule has 1 amide bonds. The van der Waals surface area contributed by atoms with Crippen LogP contribution in [0.25, 0.3) is 0 Å². The quantitative estimate of drug-likeness (QED) is 0.814. The molecule has 0 aromatic carbocycles. The standard InChI is InChI=1S/C20H30N4O2/c25-20-19(2-1-9-24(20)18-5-14-26-15-6-18)23-12-10-22(11-13-23)16-17-3-7-21-8-4-17/h3-4,7-8,18-19H,1-2,5-6,9-16H2. The first-order valence-electron chi connectivity index (χ1n) is 10.0. The van der Waals surface area contributed by atoms with E-state index in [0.29, 0.717) is 11.9 Å². The summed E-state index contributed by atoms with van der Waals surface area (Å²) in [5.74, 6) is 0.366. The Kier molecular flexibility index (Phi) is 5.82. The third-order valence-electron chi connectivity index (χ3n) is 6.08. The lowest BCUT2D eigenvalue weighted by Crippen LogP contribution is -2.59. The Morgan fingerprint density at radius 1 is 1.00 bits per heavy atom. The van der Waals surface area contributed by atoms with Gasteiger partial charge in [-0.2, -0.15) is 0 Å². The maximum absolute atomic E-state index is 13.1. The van der Waals surface area contributed by atoms with Gasteiger partial charge in [-0.3, -0.25) is 19.6 Å². The molecule has 0 radical (unpaired) electrons. The van der Waals surface area contributed by atoms with Gasteiger partial charge in [0.2, 0.25) is 5.91 Å². The number of pyridine rings is 1. The van der Waals surface area contributed by atoms with Crippen molar-refractivity contribution in [3.63, 3.8) is 0 Å². The van der Waals surface area contributed by atoms with Crippen LogP contribution in [0, 0.1) is 0 Å². The molecule has 6 nitrogen and oxygen atoms in total. The van der Waals surface area contributed by atoms with Crippen molar-refractivity contribution in [3.8, 4) is 0 Å². The van der Waals surface area contributed by atoms with Crippen LogP contribution in [0.3, 0.4) is 0 Å². The molecule has 1 aromatic heterocycles. The van der Waals surface area contributed by atoms with E-state index in [1.54, 1.807) is 0 Å². The largest absolute Gasteiger partial charge is 0.381 e. The topological polar surface area (TPSA) is 48.9 Å². The molecule has 4 rings (SSSR count). The van der Waals surface area contributed by atoms with E-state index < -0.39 is 0 Å². The van der Waals surface area contributed by atoms with Gasteiger partial charge >= 0.3 is 0 Å². The Balaban J connectivity index is 1.31. The number of carbonyl (C=O) groups is 1. The minimum atomic E-state index is 0.0923. The van der Waals surface area contributed by atoms with E-state index in [4.69, 9.17) is 4.74 Å². The lowest BCUT2D eigenvalue weighted by molar-refractivity contribution is -0.145. The Hall–Kier alpha value is -1.50. The zero-order valence-electron chi connectivity index (χ0n) is 15.6. The summed E-state index contributed by atoms with van der Waals surface area (Å²) in [4.78, 5) is 24.3. The summed E-state index contributed by atoms with van der Waals surface area (Å²) >= 11 is 0. The van der Waals surface area contributed by atoms with E-state index in [1.165, 1.54) is 5.56 Å². The van der Waals surface area contributed by atoms with Gasteiger partial charge in [-0.05, 0) is 43.4 Å². The maximum atomic E-state index is 13.1. The lowest BCUT2D eigenvalue weighted by atomic mass is 9.97. The van der Waals surface area contributed by atoms with Gasteiger partial charge in [0, 0.05) is 70.9 Å². The number of ether oxygens (including phenoxy) is 1. The minimum absolute atomic E-state index is 0.0923. The van der Waals surface area contributed by atoms with Crippen molar-refractivity contribution in [2.75, 3.05) is 45.9 Å². The van der Waals surface area contributed by atoms with Crippen LogP contribution < -0.4 is 0 Å². The predicted octanol–water partition coefficient (Wildman–Crippen LogP) is 1.37. The van der Waals surface area contributed by atoms with Crippen LogP contribution in [-0.2, 0) is 16.1 Å². The van der Waals surface area contributed by atoms with Crippen molar-refractivity contribution >= 4 is 5.91 Å². The first-order valence-corrected chi connectivity index (χ1v) is 10.0. The zero-order valence-corrected chi connectivity index (χ0v) is 15.6. The van der Waals surface area contributed by atoms with Crippen LogP contribution in [0.4, 0.5) is 0 Å². The molecule has 3 fully saturated rings. The first kappa shape index (κ1) is 17.9. The molecule has 3 aliphatic heterocycles. The van der Waals surface area contributed by atoms with Crippen LogP contribution in [-0.4, -0.2) is 83.6 Å². The number of amides is 1. The Morgan fingerprint density at radius 3 is 2.46 bits per heavy atom. The van der Waals surface area contributed by atoms with E-state index >= 15 is 0 Å². The number of hydrogen-bond donors (Lipinski definition) is 0. The fourth-order valence-corrected chi connectivity index (χ4v) is 4.56. The number of aromatic nitrogens is 1. The highest BCUT2D eigenvalue weighted by molar-refractivity contribution is 5.83. The van der Waals surface area contributed by atoms with Gasteiger partial charge < -0.3 is 9.64 Å².